The highest BCUT2D eigenvalue weighted by Gasteiger charge is 2.32. The summed E-state index contributed by atoms with van der Waals surface area (Å²) in [5, 5.41) is 2.97. The number of anilines is 1. The minimum absolute atomic E-state index is 0.00271. The molecule has 1 atom stereocenters. The van der Waals surface area contributed by atoms with Gasteiger partial charge in [-0.05, 0) is 47.5 Å². The van der Waals surface area contributed by atoms with Crippen molar-refractivity contribution in [3.05, 3.63) is 28.2 Å². The van der Waals surface area contributed by atoms with Gasteiger partial charge < -0.3 is 16.0 Å². The van der Waals surface area contributed by atoms with Gasteiger partial charge in [-0.1, -0.05) is 6.07 Å². The fourth-order valence-corrected chi connectivity index (χ4v) is 3.45. The number of carbonyl (C=O) groups excluding carboxylic acids is 2. The van der Waals surface area contributed by atoms with Gasteiger partial charge in [-0.3, -0.25) is 9.59 Å². The summed E-state index contributed by atoms with van der Waals surface area (Å²) in [5.74, 6) is -0.262. The molecule has 0 bridgehead atoms. The number of nitrogens with one attached hydrogen (secondary N) is 2. The number of rotatable bonds is 4. The van der Waals surface area contributed by atoms with E-state index in [1.54, 1.807) is 0 Å². The van der Waals surface area contributed by atoms with Crippen LogP contribution in [0.15, 0.2) is 22.7 Å². The van der Waals surface area contributed by atoms with Crippen LogP contribution in [0.5, 0.6) is 0 Å². The fraction of sp³-hybridized carbons (Fsp3) is 0.500. The van der Waals surface area contributed by atoms with Crippen LogP contribution in [-0.4, -0.2) is 30.9 Å². The molecule has 0 radical (unpaired) electrons. The molecule has 0 aromatic heterocycles. The number of amides is 2. The van der Waals surface area contributed by atoms with Crippen molar-refractivity contribution in [2.24, 2.45) is 11.7 Å². The van der Waals surface area contributed by atoms with Gasteiger partial charge >= 0.3 is 0 Å². The lowest BCUT2D eigenvalue weighted by Gasteiger charge is -2.31. The summed E-state index contributed by atoms with van der Waals surface area (Å²) >= 11 is 3.47. The number of likely N-dealkylation sites (tertiary alicyclic amines) is 1. The monoisotopic (exact) mass is 368 g/mol. The highest BCUT2D eigenvalue weighted by Crippen LogP contribution is 2.23. The van der Waals surface area contributed by atoms with Gasteiger partial charge in [0.15, 0.2) is 6.04 Å². The van der Waals surface area contributed by atoms with Crippen molar-refractivity contribution in [2.75, 3.05) is 18.4 Å². The normalized spacial score (nSPS) is 22.9. The molecular weight excluding hydrogens is 346 g/mol. The second-order valence-electron chi connectivity index (χ2n) is 6.03. The van der Waals surface area contributed by atoms with Gasteiger partial charge in [-0.15, -0.1) is 0 Å². The average Bonchev–Trinajstić information content (AvgIpc) is 2.49. The summed E-state index contributed by atoms with van der Waals surface area (Å²) in [6, 6.07) is 5.70. The largest absolute Gasteiger partial charge is 0.369 e. The van der Waals surface area contributed by atoms with Crippen LogP contribution in [-0.2, 0) is 9.59 Å². The summed E-state index contributed by atoms with van der Waals surface area (Å²) in [4.78, 5) is 24.8. The van der Waals surface area contributed by atoms with Crippen molar-refractivity contribution in [2.45, 2.75) is 32.7 Å². The minimum atomic E-state index is -0.222. The Kier molecular flexibility index (Phi) is 5.58. The third kappa shape index (κ3) is 4.08. The van der Waals surface area contributed by atoms with E-state index in [9.17, 15) is 9.59 Å². The van der Waals surface area contributed by atoms with Crippen molar-refractivity contribution in [3.8, 4) is 0 Å². The van der Waals surface area contributed by atoms with Gasteiger partial charge in [0, 0.05) is 23.2 Å². The maximum Gasteiger partial charge on any atom is 0.282 e. The quantitative estimate of drug-likeness (QED) is 0.737. The predicted octanol–water partition coefficient (Wildman–Crippen LogP) is 0.865. The molecule has 120 valence electrons. The first-order chi connectivity index (χ1) is 10.4. The molecule has 0 unspecified atom stereocenters. The smallest absolute Gasteiger partial charge is 0.282 e. The topological polar surface area (TPSA) is 76.6 Å². The van der Waals surface area contributed by atoms with Gasteiger partial charge in [-0.25, -0.2) is 0 Å². The third-order valence-corrected chi connectivity index (χ3v) is 5.07. The van der Waals surface area contributed by atoms with E-state index in [1.807, 2.05) is 32.0 Å². The van der Waals surface area contributed by atoms with Crippen LogP contribution >= 0.6 is 15.9 Å². The number of hydrogen-bond donors (Lipinski definition) is 3. The fourth-order valence-electron chi connectivity index (χ4n) is 2.85. The molecule has 1 aliphatic heterocycles. The molecule has 1 heterocycles. The van der Waals surface area contributed by atoms with Gasteiger partial charge in [-0.2, -0.15) is 0 Å². The van der Waals surface area contributed by atoms with Gasteiger partial charge in [0.1, 0.15) is 0 Å². The molecule has 1 saturated heterocycles. The zero-order valence-electron chi connectivity index (χ0n) is 13.0. The Morgan fingerprint density at radius 3 is 2.55 bits per heavy atom. The standard InChI is InChI=1S/C16H22BrN3O2/c1-10-3-4-14(13(17)9-10)19-16(22)11(2)20-7-5-12(6-8-20)15(18)21/h3-4,9,11-12H,5-8H2,1-2H3,(H2,18,21)(H,19,22)/p+1/t11-/m1/s1. The van der Waals surface area contributed by atoms with Crippen LogP contribution in [0, 0.1) is 12.8 Å². The molecular formula is C16H23BrN3O2+. The summed E-state index contributed by atoms with van der Waals surface area (Å²) in [5.41, 5.74) is 7.27. The van der Waals surface area contributed by atoms with Crippen LogP contribution in [0.4, 0.5) is 5.69 Å². The first-order valence-corrected chi connectivity index (χ1v) is 8.38. The van der Waals surface area contributed by atoms with E-state index >= 15 is 0 Å². The molecule has 0 spiro atoms. The maximum absolute atomic E-state index is 12.4. The number of benzene rings is 1. The van der Waals surface area contributed by atoms with Crippen LogP contribution < -0.4 is 16.0 Å². The van der Waals surface area contributed by atoms with Crippen molar-refractivity contribution in [3.63, 3.8) is 0 Å². The van der Waals surface area contributed by atoms with E-state index in [-0.39, 0.29) is 23.8 Å². The summed E-state index contributed by atoms with van der Waals surface area (Å²) in [6.45, 7) is 5.54. The first kappa shape index (κ1) is 17.0. The number of nitrogens with two attached hydrogens (primary N) is 1. The number of quaternary nitrogens is 1. The van der Waals surface area contributed by atoms with E-state index in [0.29, 0.717) is 0 Å². The van der Waals surface area contributed by atoms with E-state index in [2.05, 4.69) is 21.2 Å². The molecule has 1 fully saturated rings. The number of primary amides is 1. The maximum atomic E-state index is 12.4. The Balaban J connectivity index is 1.94. The Morgan fingerprint density at radius 2 is 2.00 bits per heavy atom. The van der Waals surface area contributed by atoms with Crippen molar-refractivity contribution in [1.29, 1.82) is 0 Å². The molecule has 2 amide bonds. The second kappa shape index (κ2) is 7.24. The SMILES string of the molecule is Cc1ccc(NC(=O)[C@@H](C)[NH+]2CCC(C(N)=O)CC2)c(Br)c1. The van der Waals surface area contributed by atoms with Gasteiger partial charge in [0.2, 0.25) is 5.91 Å². The van der Waals surface area contributed by atoms with E-state index < -0.39 is 0 Å². The average molecular weight is 369 g/mol. The van der Waals surface area contributed by atoms with Crippen LogP contribution in [0.25, 0.3) is 0 Å². The summed E-state index contributed by atoms with van der Waals surface area (Å²) < 4.78 is 0.885. The lowest BCUT2D eigenvalue weighted by atomic mass is 9.95. The number of aryl methyl sites for hydroxylation is 1. The number of hydrogen-bond acceptors (Lipinski definition) is 2. The molecule has 0 saturated carbocycles. The van der Waals surface area contributed by atoms with Crippen molar-refractivity contribution in [1.82, 2.24) is 0 Å². The molecule has 5 nitrogen and oxygen atoms in total. The Morgan fingerprint density at radius 1 is 1.36 bits per heavy atom. The number of piperidine rings is 1. The van der Waals surface area contributed by atoms with E-state index in [4.69, 9.17) is 5.73 Å². The highest BCUT2D eigenvalue weighted by atomic mass is 79.9. The van der Waals surface area contributed by atoms with Crippen LogP contribution in [0.2, 0.25) is 0 Å². The molecule has 2 rings (SSSR count). The molecule has 1 aromatic carbocycles. The molecule has 1 aliphatic rings. The summed E-state index contributed by atoms with van der Waals surface area (Å²) in [7, 11) is 0. The van der Waals surface area contributed by atoms with Gasteiger partial charge in [0.25, 0.3) is 5.91 Å². The Hall–Kier alpha value is -1.40. The zero-order valence-corrected chi connectivity index (χ0v) is 14.6. The third-order valence-electron chi connectivity index (χ3n) is 4.42. The molecule has 0 aliphatic carbocycles. The molecule has 6 heteroatoms. The second-order valence-corrected chi connectivity index (χ2v) is 6.88. The lowest BCUT2D eigenvalue weighted by molar-refractivity contribution is -0.919. The predicted molar refractivity (Wildman–Crippen MR) is 89.6 cm³/mol. The van der Waals surface area contributed by atoms with E-state index in [1.165, 1.54) is 4.90 Å². The zero-order chi connectivity index (χ0) is 16.3. The molecule has 4 N–H and O–H groups in total. The van der Waals surface area contributed by atoms with Crippen molar-refractivity contribution < 1.29 is 14.5 Å². The molecule has 22 heavy (non-hydrogen) atoms. The van der Waals surface area contributed by atoms with E-state index in [0.717, 1.165) is 41.7 Å². The highest BCUT2D eigenvalue weighted by molar-refractivity contribution is 9.10. The Labute approximate surface area is 139 Å². The number of carbonyl (C=O) groups is 2. The Bertz CT molecular complexity index is 569. The summed E-state index contributed by atoms with van der Waals surface area (Å²) in [6.07, 6.45) is 1.52. The first-order valence-electron chi connectivity index (χ1n) is 7.59. The minimum Gasteiger partial charge on any atom is -0.369 e. The van der Waals surface area contributed by atoms with Crippen LogP contribution in [0.1, 0.15) is 25.3 Å². The van der Waals surface area contributed by atoms with Gasteiger partial charge in [0.05, 0.1) is 18.8 Å². The lowest BCUT2D eigenvalue weighted by Crippen LogP contribution is -3.17. The van der Waals surface area contributed by atoms with Crippen LogP contribution in [0.3, 0.4) is 0 Å². The molecule has 1 aromatic rings. The van der Waals surface area contributed by atoms with Crippen molar-refractivity contribution >= 4 is 33.4 Å². The number of halogens is 1.